The van der Waals surface area contributed by atoms with Crippen molar-refractivity contribution in [3.05, 3.63) is 64.2 Å². The number of nitrogens with one attached hydrogen (secondary N) is 1. The maximum atomic E-state index is 12.5. The van der Waals surface area contributed by atoms with Crippen molar-refractivity contribution in [2.24, 2.45) is 5.92 Å². The van der Waals surface area contributed by atoms with Crippen molar-refractivity contribution in [2.45, 2.75) is 33.1 Å². The molecule has 0 heterocycles. The zero-order chi connectivity index (χ0) is 18.6. The molecule has 0 saturated carbocycles. The average Bonchev–Trinajstić information content (AvgIpc) is 2.55. The van der Waals surface area contributed by atoms with Gasteiger partial charge in [-0.1, -0.05) is 37.6 Å². The number of carboxylic acids is 1. The van der Waals surface area contributed by atoms with Crippen LogP contribution in [0.1, 0.15) is 48.2 Å². The second-order valence-corrected chi connectivity index (χ2v) is 6.97. The summed E-state index contributed by atoms with van der Waals surface area (Å²) in [5, 5.41) is 12.7. The molecule has 0 aliphatic rings. The van der Waals surface area contributed by atoms with Crippen LogP contribution in [0.2, 0.25) is 5.02 Å². The Kier molecular flexibility index (Phi) is 6.21. The number of benzene rings is 2. The van der Waals surface area contributed by atoms with Crippen LogP contribution in [0.5, 0.6) is 0 Å². The summed E-state index contributed by atoms with van der Waals surface area (Å²) in [6, 6.07) is 12.1. The number of hydrogen-bond donors (Lipinski definition) is 2. The van der Waals surface area contributed by atoms with E-state index in [2.05, 4.69) is 19.2 Å². The predicted octanol–water partition coefficient (Wildman–Crippen LogP) is 4.98. The third-order valence-electron chi connectivity index (χ3n) is 3.99. The molecule has 0 spiro atoms. The molecule has 0 aliphatic carbocycles. The van der Waals surface area contributed by atoms with E-state index in [1.807, 2.05) is 12.1 Å². The number of amides is 1. The van der Waals surface area contributed by atoms with Gasteiger partial charge in [-0.15, -0.1) is 0 Å². The fraction of sp³-hybridized carbons (Fsp3) is 0.300. The Hall–Kier alpha value is -2.33. The molecule has 0 radical (unpaired) electrons. The molecule has 2 aromatic carbocycles. The molecule has 0 bridgehead atoms. The molecule has 0 aromatic heterocycles. The summed E-state index contributed by atoms with van der Waals surface area (Å²) < 4.78 is 0. The summed E-state index contributed by atoms with van der Waals surface area (Å²) in [5.74, 6) is -1.37. The molecule has 1 amide bonds. The van der Waals surface area contributed by atoms with Crippen molar-refractivity contribution in [3.8, 4) is 0 Å². The minimum absolute atomic E-state index is 0.248. The third kappa shape index (κ3) is 5.07. The molecule has 0 fully saturated rings. The van der Waals surface area contributed by atoms with E-state index in [9.17, 15) is 14.7 Å². The van der Waals surface area contributed by atoms with Crippen LogP contribution in [0, 0.1) is 5.92 Å². The van der Waals surface area contributed by atoms with Gasteiger partial charge in [0.25, 0.3) is 5.91 Å². The fourth-order valence-corrected chi connectivity index (χ4v) is 2.66. The minimum Gasteiger partial charge on any atom is -0.481 e. The van der Waals surface area contributed by atoms with E-state index in [1.165, 1.54) is 0 Å². The highest BCUT2D eigenvalue weighted by molar-refractivity contribution is 6.30. The zero-order valence-electron chi connectivity index (χ0n) is 14.5. The van der Waals surface area contributed by atoms with Crippen LogP contribution in [0.15, 0.2) is 42.5 Å². The van der Waals surface area contributed by atoms with Crippen molar-refractivity contribution >= 4 is 29.2 Å². The SMILES string of the molecule is CC(C)Cc1ccc(C(C)C(=O)O)cc1NC(=O)c1ccc(Cl)cc1. The monoisotopic (exact) mass is 359 g/mol. The molecule has 0 saturated heterocycles. The number of rotatable bonds is 6. The molecule has 25 heavy (non-hydrogen) atoms. The van der Waals surface area contributed by atoms with Crippen LogP contribution in [0.4, 0.5) is 5.69 Å². The van der Waals surface area contributed by atoms with E-state index in [0.29, 0.717) is 27.8 Å². The van der Waals surface area contributed by atoms with Gasteiger partial charge in [0.15, 0.2) is 0 Å². The Morgan fingerprint density at radius 3 is 2.28 bits per heavy atom. The van der Waals surface area contributed by atoms with Gasteiger partial charge < -0.3 is 10.4 Å². The highest BCUT2D eigenvalue weighted by atomic mass is 35.5. The number of anilines is 1. The number of halogens is 1. The number of aliphatic carboxylic acids is 1. The van der Waals surface area contributed by atoms with E-state index in [0.717, 1.165) is 12.0 Å². The van der Waals surface area contributed by atoms with E-state index in [1.54, 1.807) is 37.3 Å². The van der Waals surface area contributed by atoms with Gasteiger partial charge in [-0.05, 0) is 60.7 Å². The number of carbonyl (C=O) groups excluding carboxylic acids is 1. The Balaban J connectivity index is 2.34. The van der Waals surface area contributed by atoms with Crippen molar-refractivity contribution in [1.29, 1.82) is 0 Å². The topological polar surface area (TPSA) is 66.4 Å². The molecule has 132 valence electrons. The first-order valence-corrected chi connectivity index (χ1v) is 8.58. The summed E-state index contributed by atoms with van der Waals surface area (Å²) in [4.78, 5) is 23.8. The van der Waals surface area contributed by atoms with E-state index < -0.39 is 11.9 Å². The van der Waals surface area contributed by atoms with Gasteiger partial charge in [0.05, 0.1) is 5.92 Å². The normalized spacial score (nSPS) is 12.0. The summed E-state index contributed by atoms with van der Waals surface area (Å²) >= 11 is 5.86. The molecule has 4 nitrogen and oxygen atoms in total. The van der Waals surface area contributed by atoms with Gasteiger partial charge in [-0.3, -0.25) is 9.59 Å². The molecule has 2 aromatic rings. The largest absolute Gasteiger partial charge is 0.481 e. The molecule has 2 rings (SSSR count). The number of carbonyl (C=O) groups is 2. The molecular formula is C20H22ClNO3. The van der Waals surface area contributed by atoms with Crippen LogP contribution in [0.3, 0.4) is 0 Å². The van der Waals surface area contributed by atoms with Crippen molar-refractivity contribution in [2.75, 3.05) is 5.32 Å². The minimum atomic E-state index is -0.897. The van der Waals surface area contributed by atoms with Crippen LogP contribution in [-0.2, 0) is 11.2 Å². The highest BCUT2D eigenvalue weighted by Gasteiger charge is 2.17. The maximum absolute atomic E-state index is 12.5. The lowest BCUT2D eigenvalue weighted by Gasteiger charge is -2.16. The number of carboxylic acid groups (broad SMARTS) is 1. The smallest absolute Gasteiger partial charge is 0.310 e. The molecule has 1 atom stereocenters. The lowest BCUT2D eigenvalue weighted by atomic mass is 9.95. The molecule has 5 heteroatoms. The Bertz CT molecular complexity index is 769. The van der Waals surface area contributed by atoms with Crippen LogP contribution < -0.4 is 5.32 Å². The second kappa shape index (κ2) is 8.17. The molecule has 2 N–H and O–H groups in total. The Morgan fingerprint density at radius 2 is 1.72 bits per heavy atom. The van der Waals surface area contributed by atoms with Crippen LogP contribution in [-0.4, -0.2) is 17.0 Å². The summed E-state index contributed by atoms with van der Waals surface area (Å²) in [7, 11) is 0. The van der Waals surface area contributed by atoms with Crippen molar-refractivity contribution in [3.63, 3.8) is 0 Å². The lowest BCUT2D eigenvalue weighted by molar-refractivity contribution is -0.138. The van der Waals surface area contributed by atoms with Gasteiger partial charge in [-0.2, -0.15) is 0 Å². The summed E-state index contributed by atoms with van der Waals surface area (Å²) in [5.41, 5.74) is 2.79. The van der Waals surface area contributed by atoms with E-state index in [4.69, 9.17) is 11.6 Å². The Morgan fingerprint density at radius 1 is 1.08 bits per heavy atom. The number of hydrogen-bond acceptors (Lipinski definition) is 2. The standard InChI is InChI=1S/C20H22ClNO3/c1-12(2)10-16-5-4-15(13(3)20(24)25)11-18(16)22-19(23)14-6-8-17(21)9-7-14/h4-9,11-13H,10H2,1-3H3,(H,22,23)(H,24,25). The highest BCUT2D eigenvalue weighted by Crippen LogP contribution is 2.26. The van der Waals surface area contributed by atoms with Gasteiger partial charge in [0.2, 0.25) is 0 Å². The first kappa shape index (κ1) is 19.0. The van der Waals surface area contributed by atoms with Crippen LogP contribution >= 0.6 is 11.6 Å². The predicted molar refractivity (Wildman–Crippen MR) is 100 cm³/mol. The van der Waals surface area contributed by atoms with Gasteiger partial charge >= 0.3 is 5.97 Å². The van der Waals surface area contributed by atoms with Gasteiger partial charge in [-0.25, -0.2) is 0 Å². The summed E-state index contributed by atoms with van der Waals surface area (Å²) in [6.07, 6.45) is 0.790. The molecule has 1 unspecified atom stereocenters. The zero-order valence-corrected chi connectivity index (χ0v) is 15.3. The first-order chi connectivity index (χ1) is 11.8. The lowest BCUT2D eigenvalue weighted by Crippen LogP contribution is -2.15. The molecular weight excluding hydrogens is 338 g/mol. The average molecular weight is 360 g/mol. The van der Waals surface area contributed by atoms with E-state index >= 15 is 0 Å². The maximum Gasteiger partial charge on any atom is 0.310 e. The fourth-order valence-electron chi connectivity index (χ4n) is 2.54. The Labute approximate surface area is 152 Å². The quantitative estimate of drug-likeness (QED) is 0.764. The first-order valence-electron chi connectivity index (χ1n) is 8.20. The van der Waals surface area contributed by atoms with Gasteiger partial charge in [0.1, 0.15) is 0 Å². The van der Waals surface area contributed by atoms with Crippen molar-refractivity contribution < 1.29 is 14.7 Å². The van der Waals surface area contributed by atoms with Crippen molar-refractivity contribution in [1.82, 2.24) is 0 Å². The van der Waals surface area contributed by atoms with Crippen LogP contribution in [0.25, 0.3) is 0 Å². The molecule has 0 aliphatic heterocycles. The third-order valence-corrected chi connectivity index (χ3v) is 4.24. The van der Waals surface area contributed by atoms with E-state index in [-0.39, 0.29) is 5.91 Å². The summed E-state index contributed by atoms with van der Waals surface area (Å²) in [6.45, 7) is 5.82. The van der Waals surface area contributed by atoms with Gasteiger partial charge in [0, 0.05) is 16.3 Å². The second-order valence-electron chi connectivity index (χ2n) is 6.54.